The van der Waals surface area contributed by atoms with Gasteiger partial charge in [0.1, 0.15) is 11.6 Å². The van der Waals surface area contributed by atoms with Gasteiger partial charge in [-0.15, -0.1) is 13.2 Å². The minimum Gasteiger partial charge on any atom is -0.497 e. The van der Waals surface area contributed by atoms with Gasteiger partial charge in [0.15, 0.2) is 0 Å². The van der Waals surface area contributed by atoms with Gasteiger partial charge in [-0.05, 0) is 48.0 Å². The third-order valence-corrected chi connectivity index (χ3v) is 3.24. The molecule has 3 nitrogen and oxygen atoms in total. The monoisotopic (exact) mass is 297 g/mol. The van der Waals surface area contributed by atoms with Gasteiger partial charge in [-0.2, -0.15) is 0 Å². The van der Waals surface area contributed by atoms with Crippen molar-refractivity contribution in [2.45, 2.75) is 0 Å². The fraction of sp³-hybridized carbons (Fsp3) is 0.0556. The Bertz CT molecular complexity index is 838. The van der Waals surface area contributed by atoms with Gasteiger partial charge in [0.2, 0.25) is 0 Å². The molecule has 0 spiro atoms. The molecule has 1 heterocycles. The number of nitrogens with one attached hydrogen (secondary N) is 1. The summed E-state index contributed by atoms with van der Waals surface area (Å²) >= 11 is 0. The maximum Gasteiger partial charge on any atom is 0.256 e. The van der Waals surface area contributed by atoms with Crippen molar-refractivity contribution in [1.29, 1.82) is 0 Å². The van der Waals surface area contributed by atoms with Gasteiger partial charge < -0.3 is 9.72 Å². The minimum atomic E-state index is -0.400. The lowest BCUT2D eigenvalue weighted by atomic mass is 10.1. The summed E-state index contributed by atoms with van der Waals surface area (Å²) in [5.41, 5.74) is 1.08. The Labute approximate surface area is 127 Å². The molecule has 0 unspecified atom stereocenters. The third-order valence-electron chi connectivity index (χ3n) is 3.24. The Morgan fingerprint density at radius 2 is 1.73 bits per heavy atom. The summed E-state index contributed by atoms with van der Waals surface area (Å²) in [5.74, 6) is 0.325. The largest absolute Gasteiger partial charge is 0.497 e. The van der Waals surface area contributed by atoms with Crippen molar-refractivity contribution in [1.82, 2.24) is 4.98 Å². The highest BCUT2D eigenvalue weighted by atomic mass is 19.1. The van der Waals surface area contributed by atoms with Crippen molar-refractivity contribution in [3.8, 4) is 17.0 Å². The Hall–Kier alpha value is -2.88. The molecule has 0 amide bonds. The third kappa shape index (κ3) is 2.91. The van der Waals surface area contributed by atoms with E-state index >= 15 is 0 Å². The Morgan fingerprint density at radius 1 is 1.05 bits per heavy atom. The van der Waals surface area contributed by atoms with Crippen LogP contribution >= 0.6 is 0 Å². The number of rotatable bonds is 2. The highest BCUT2D eigenvalue weighted by Crippen LogP contribution is 2.23. The van der Waals surface area contributed by atoms with Gasteiger partial charge in [-0.25, -0.2) is 4.39 Å². The lowest BCUT2D eigenvalue weighted by molar-refractivity contribution is 0.415. The molecule has 0 aliphatic rings. The van der Waals surface area contributed by atoms with Crippen molar-refractivity contribution in [2.75, 3.05) is 7.11 Å². The summed E-state index contributed by atoms with van der Waals surface area (Å²) in [4.78, 5) is 14.8. The van der Waals surface area contributed by atoms with Crippen LogP contribution in [0.3, 0.4) is 0 Å². The van der Waals surface area contributed by atoms with Gasteiger partial charge in [-0.1, -0.05) is 6.07 Å². The van der Waals surface area contributed by atoms with E-state index in [1.807, 2.05) is 12.1 Å². The van der Waals surface area contributed by atoms with E-state index in [2.05, 4.69) is 18.1 Å². The molecule has 0 saturated carbocycles. The molecule has 3 rings (SSSR count). The molecule has 22 heavy (non-hydrogen) atoms. The zero-order valence-electron chi connectivity index (χ0n) is 12.2. The minimum absolute atomic E-state index is 0.298. The lowest BCUT2D eigenvalue weighted by Crippen LogP contribution is -2.07. The quantitative estimate of drug-likeness (QED) is 0.722. The number of H-pyrrole nitrogens is 1. The maximum atomic E-state index is 13.8. The second-order valence-corrected chi connectivity index (χ2v) is 4.44. The Kier molecular flexibility index (Phi) is 4.73. The van der Waals surface area contributed by atoms with E-state index in [0.29, 0.717) is 16.5 Å². The van der Waals surface area contributed by atoms with Crippen LogP contribution in [0.4, 0.5) is 4.39 Å². The number of aromatic nitrogens is 1. The van der Waals surface area contributed by atoms with Crippen molar-refractivity contribution < 1.29 is 9.13 Å². The number of hydrogen-bond donors (Lipinski definition) is 1. The number of methoxy groups -OCH3 is 1. The molecule has 3 aromatic rings. The molecule has 4 heteroatoms. The average molecular weight is 297 g/mol. The number of aromatic amines is 1. The second-order valence-electron chi connectivity index (χ2n) is 4.44. The second kappa shape index (κ2) is 6.72. The molecule has 0 fully saturated rings. The number of benzene rings is 2. The lowest BCUT2D eigenvalue weighted by Gasteiger charge is -2.06. The van der Waals surface area contributed by atoms with Crippen LogP contribution in [0.25, 0.3) is 22.0 Å². The standard InChI is InChI=1S/C16H12FNO2.C2H4/c1-20-11-7-5-10(6-8-11)15-9-13-12(16(19)18-15)3-2-4-14(13)17;1-2/h2-9H,1H3,(H,18,19);1-2H2. The van der Waals surface area contributed by atoms with E-state index in [0.717, 1.165) is 11.3 Å². The molecule has 0 bridgehead atoms. The van der Waals surface area contributed by atoms with Gasteiger partial charge in [0.05, 0.1) is 7.11 Å². The summed E-state index contributed by atoms with van der Waals surface area (Å²) < 4.78 is 18.9. The van der Waals surface area contributed by atoms with E-state index in [1.54, 1.807) is 31.4 Å². The van der Waals surface area contributed by atoms with Crippen LogP contribution in [0.2, 0.25) is 0 Å². The summed E-state index contributed by atoms with van der Waals surface area (Å²) in [5, 5.41) is 0.671. The van der Waals surface area contributed by atoms with Crippen molar-refractivity contribution in [3.63, 3.8) is 0 Å². The van der Waals surface area contributed by atoms with Gasteiger partial charge >= 0.3 is 0 Å². The summed E-state index contributed by atoms with van der Waals surface area (Å²) in [6, 6.07) is 13.3. The molecule has 0 atom stereocenters. The number of ether oxygens (including phenoxy) is 1. The van der Waals surface area contributed by atoms with E-state index in [9.17, 15) is 9.18 Å². The molecule has 2 aromatic carbocycles. The molecule has 1 aromatic heterocycles. The molecule has 0 radical (unpaired) electrons. The fourth-order valence-electron chi connectivity index (χ4n) is 2.18. The van der Waals surface area contributed by atoms with E-state index < -0.39 is 5.82 Å². The normalized spacial score (nSPS) is 9.91. The smallest absolute Gasteiger partial charge is 0.256 e. The molecule has 112 valence electrons. The first-order chi connectivity index (χ1) is 10.7. The Morgan fingerprint density at radius 3 is 2.36 bits per heavy atom. The van der Waals surface area contributed by atoms with Crippen LogP contribution < -0.4 is 10.3 Å². The number of hydrogen-bond acceptors (Lipinski definition) is 2. The van der Waals surface area contributed by atoms with Gasteiger partial charge in [-0.3, -0.25) is 4.79 Å². The van der Waals surface area contributed by atoms with Gasteiger partial charge in [0.25, 0.3) is 5.56 Å². The van der Waals surface area contributed by atoms with E-state index in [1.165, 1.54) is 12.1 Å². The average Bonchev–Trinajstić information content (AvgIpc) is 2.57. The first-order valence-corrected chi connectivity index (χ1v) is 6.65. The van der Waals surface area contributed by atoms with E-state index in [-0.39, 0.29) is 5.56 Å². The van der Waals surface area contributed by atoms with Crippen molar-refractivity contribution >= 4 is 10.8 Å². The molecule has 1 N–H and O–H groups in total. The number of halogens is 1. The zero-order chi connectivity index (χ0) is 16.1. The first-order valence-electron chi connectivity index (χ1n) is 6.65. The van der Waals surface area contributed by atoms with Crippen LogP contribution in [0.5, 0.6) is 5.75 Å². The molecular formula is C18H16FNO2. The summed E-state index contributed by atoms with van der Waals surface area (Å²) in [6.45, 7) is 6.00. The fourth-order valence-corrected chi connectivity index (χ4v) is 2.18. The molecular weight excluding hydrogens is 281 g/mol. The Balaban J connectivity index is 0.000000847. The molecule has 0 aliphatic heterocycles. The zero-order valence-corrected chi connectivity index (χ0v) is 12.2. The number of fused-ring (bicyclic) bond motifs is 1. The first kappa shape index (κ1) is 15.5. The summed E-state index contributed by atoms with van der Waals surface area (Å²) in [7, 11) is 1.59. The van der Waals surface area contributed by atoms with Crippen LogP contribution in [0.15, 0.2) is 66.5 Å². The van der Waals surface area contributed by atoms with Gasteiger partial charge in [0, 0.05) is 16.5 Å². The van der Waals surface area contributed by atoms with Crippen molar-refractivity contribution in [2.24, 2.45) is 0 Å². The van der Waals surface area contributed by atoms with Crippen LogP contribution in [0, 0.1) is 5.82 Å². The van der Waals surface area contributed by atoms with Crippen LogP contribution in [0.1, 0.15) is 0 Å². The van der Waals surface area contributed by atoms with Crippen LogP contribution in [-0.4, -0.2) is 12.1 Å². The van der Waals surface area contributed by atoms with Crippen LogP contribution in [-0.2, 0) is 0 Å². The molecule has 0 aliphatic carbocycles. The highest BCUT2D eigenvalue weighted by Gasteiger charge is 2.07. The topological polar surface area (TPSA) is 42.1 Å². The predicted octanol–water partition coefficient (Wildman–Crippen LogP) is 4.15. The predicted molar refractivity (Wildman–Crippen MR) is 87.8 cm³/mol. The SMILES string of the molecule is C=C.COc1ccc(-c2cc3c(F)cccc3c(=O)[nH]2)cc1. The molecule has 0 saturated heterocycles. The number of pyridine rings is 1. The van der Waals surface area contributed by atoms with E-state index in [4.69, 9.17) is 4.74 Å². The highest BCUT2D eigenvalue weighted by molar-refractivity contribution is 5.85. The maximum absolute atomic E-state index is 13.8. The summed E-state index contributed by atoms with van der Waals surface area (Å²) in [6.07, 6.45) is 0. The van der Waals surface area contributed by atoms with Crippen molar-refractivity contribution in [3.05, 3.63) is 77.9 Å².